The smallest absolute Gasteiger partial charge is 0.293 e. The highest BCUT2D eigenvalue weighted by atomic mass is 79.9. The first-order valence-electron chi connectivity index (χ1n) is 4.62. The molecule has 15 heavy (non-hydrogen) atoms. The summed E-state index contributed by atoms with van der Waals surface area (Å²) < 4.78 is 1.07. The van der Waals surface area contributed by atoms with Gasteiger partial charge in [0.1, 0.15) is 5.82 Å². The molecule has 0 unspecified atom stereocenters. The van der Waals surface area contributed by atoms with Gasteiger partial charge in [-0.2, -0.15) is 5.10 Å². The van der Waals surface area contributed by atoms with Crippen LogP contribution in [0, 0.1) is 0 Å². The van der Waals surface area contributed by atoms with Crippen LogP contribution in [-0.4, -0.2) is 15.2 Å². The maximum absolute atomic E-state index is 10.8. The quantitative estimate of drug-likeness (QED) is 0.889. The van der Waals surface area contributed by atoms with Crippen LogP contribution in [0.1, 0.15) is 11.4 Å². The fourth-order valence-electron chi connectivity index (χ4n) is 1.38. The van der Waals surface area contributed by atoms with Crippen molar-refractivity contribution in [2.45, 2.75) is 12.8 Å². The molecule has 0 aliphatic heterocycles. The molecule has 1 heterocycles. The lowest BCUT2D eigenvalue weighted by Gasteiger charge is -1.99. The zero-order valence-electron chi connectivity index (χ0n) is 7.96. The molecule has 0 radical (unpaired) electrons. The van der Waals surface area contributed by atoms with Gasteiger partial charge >= 0.3 is 5.69 Å². The van der Waals surface area contributed by atoms with Crippen LogP contribution in [0.3, 0.4) is 0 Å². The minimum Gasteiger partial charge on any atom is -0.293 e. The molecule has 0 saturated carbocycles. The van der Waals surface area contributed by atoms with Crippen molar-refractivity contribution in [1.82, 2.24) is 15.2 Å². The second kappa shape index (κ2) is 4.44. The van der Waals surface area contributed by atoms with Crippen molar-refractivity contribution in [2.75, 3.05) is 0 Å². The van der Waals surface area contributed by atoms with Crippen molar-refractivity contribution in [3.63, 3.8) is 0 Å². The number of aryl methyl sites for hydroxylation is 2. The number of aromatic nitrogens is 3. The van der Waals surface area contributed by atoms with Crippen LogP contribution in [0.5, 0.6) is 0 Å². The highest BCUT2D eigenvalue weighted by molar-refractivity contribution is 9.10. The van der Waals surface area contributed by atoms with E-state index in [9.17, 15) is 4.79 Å². The molecule has 5 heteroatoms. The average molecular weight is 268 g/mol. The number of halogens is 1. The minimum absolute atomic E-state index is 0.251. The summed E-state index contributed by atoms with van der Waals surface area (Å²) in [5.74, 6) is 0.694. The molecule has 4 nitrogen and oxygen atoms in total. The molecule has 0 atom stereocenters. The molecule has 0 spiro atoms. The summed E-state index contributed by atoms with van der Waals surface area (Å²) in [6.45, 7) is 0. The maximum atomic E-state index is 10.8. The normalized spacial score (nSPS) is 10.5. The molecule has 0 bridgehead atoms. The topological polar surface area (TPSA) is 61.5 Å². The van der Waals surface area contributed by atoms with E-state index in [2.05, 4.69) is 43.2 Å². The first kappa shape index (κ1) is 10.2. The molecular weight excluding hydrogens is 258 g/mol. The molecule has 1 aromatic carbocycles. The number of rotatable bonds is 3. The van der Waals surface area contributed by atoms with E-state index >= 15 is 0 Å². The number of H-pyrrole nitrogens is 2. The summed E-state index contributed by atoms with van der Waals surface area (Å²) in [5, 5.41) is 6.19. The van der Waals surface area contributed by atoms with Crippen LogP contribution in [0.15, 0.2) is 33.5 Å². The Balaban J connectivity index is 2.02. The predicted octanol–water partition coefficient (Wildman–Crippen LogP) is 1.65. The number of hydrogen-bond acceptors (Lipinski definition) is 2. The highest BCUT2D eigenvalue weighted by Gasteiger charge is 1.99. The minimum atomic E-state index is -0.251. The van der Waals surface area contributed by atoms with E-state index in [0.717, 1.165) is 17.3 Å². The van der Waals surface area contributed by atoms with Crippen molar-refractivity contribution >= 4 is 15.9 Å². The van der Waals surface area contributed by atoms with Gasteiger partial charge in [-0.05, 0) is 24.1 Å². The summed E-state index contributed by atoms with van der Waals surface area (Å²) in [6, 6.07) is 8.09. The van der Waals surface area contributed by atoms with Gasteiger partial charge in [-0.3, -0.25) is 4.98 Å². The fraction of sp³-hybridized carbons (Fsp3) is 0.200. The summed E-state index contributed by atoms with van der Waals surface area (Å²) in [5.41, 5.74) is 0.965. The van der Waals surface area contributed by atoms with E-state index in [0.29, 0.717) is 5.82 Å². The Kier molecular flexibility index (Phi) is 3.01. The summed E-state index contributed by atoms with van der Waals surface area (Å²) in [7, 11) is 0. The third-order valence-corrected chi connectivity index (χ3v) is 2.58. The Bertz CT molecular complexity index is 503. The molecule has 2 rings (SSSR count). The average Bonchev–Trinajstić information content (AvgIpc) is 2.62. The fourth-order valence-corrected chi connectivity index (χ4v) is 1.83. The van der Waals surface area contributed by atoms with Crippen molar-refractivity contribution in [3.8, 4) is 0 Å². The number of nitrogens with zero attached hydrogens (tertiary/aromatic N) is 1. The molecule has 0 amide bonds. The van der Waals surface area contributed by atoms with Crippen LogP contribution in [0.25, 0.3) is 0 Å². The standard InChI is InChI=1S/C10H10BrN3O/c11-8-3-1-2-7(6-8)4-5-9-12-10(15)14-13-9/h1-3,6H,4-5H2,(H2,12,13,14,15). The summed E-state index contributed by atoms with van der Waals surface area (Å²) in [6.07, 6.45) is 1.59. The van der Waals surface area contributed by atoms with E-state index in [1.807, 2.05) is 12.1 Å². The van der Waals surface area contributed by atoms with Gasteiger partial charge in [-0.25, -0.2) is 9.89 Å². The first-order valence-corrected chi connectivity index (χ1v) is 5.41. The molecule has 2 N–H and O–H groups in total. The molecule has 0 saturated heterocycles. The summed E-state index contributed by atoms with van der Waals surface area (Å²) in [4.78, 5) is 13.4. The lowest BCUT2D eigenvalue weighted by atomic mass is 10.1. The zero-order chi connectivity index (χ0) is 10.7. The molecule has 0 aliphatic rings. The number of benzene rings is 1. The first-order chi connectivity index (χ1) is 7.24. The second-order valence-corrected chi connectivity index (χ2v) is 4.17. The van der Waals surface area contributed by atoms with Gasteiger partial charge in [-0.1, -0.05) is 28.1 Å². The Hall–Kier alpha value is -1.36. The van der Waals surface area contributed by atoms with Crippen molar-refractivity contribution < 1.29 is 0 Å². The lowest BCUT2D eigenvalue weighted by molar-refractivity contribution is 0.864. The number of hydrogen-bond donors (Lipinski definition) is 2. The van der Waals surface area contributed by atoms with Crippen LogP contribution in [-0.2, 0) is 12.8 Å². The van der Waals surface area contributed by atoms with E-state index in [4.69, 9.17) is 0 Å². The molecule has 1 aromatic heterocycles. The Morgan fingerprint density at radius 1 is 1.33 bits per heavy atom. The largest absolute Gasteiger partial charge is 0.340 e. The van der Waals surface area contributed by atoms with Crippen molar-refractivity contribution in [3.05, 3.63) is 50.6 Å². The van der Waals surface area contributed by atoms with Crippen LogP contribution in [0.4, 0.5) is 0 Å². The van der Waals surface area contributed by atoms with Gasteiger partial charge in [0, 0.05) is 10.9 Å². The molecular formula is C10H10BrN3O. The van der Waals surface area contributed by atoms with Gasteiger partial charge in [0.05, 0.1) is 0 Å². The van der Waals surface area contributed by atoms with E-state index in [1.54, 1.807) is 0 Å². The monoisotopic (exact) mass is 267 g/mol. The molecule has 2 aromatic rings. The summed E-state index contributed by atoms with van der Waals surface area (Å²) >= 11 is 3.41. The van der Waals surface area contributed by atoms with Gasteiger partial charge in [0.15, 0.2) is 0 Å². The second-order valence-electron chi connectivity index (χ2n) is 3.25. The Morgan fingerprint density at radius 3 is 2.87 bits per heavy atom. The van der Waals surface area contributed by atoms with Gasteiger partial charge < -0.3 is 0 Å². The lowest BCUT2D eigenvalue weighted by Crippen LogP contribution is -2.01. The third-order valence-electron chi connectivity index (χ3n) is 2.09. The highest BCUT2D eigenvalue weighted by Crippen LogP contribution is 2.12. The SMILES string of the molecule is O=c1[nH]nc(CCc2cccc(Br)c2)[nH]1. The van der Waals surface area contributed by atoms with Crippen molar-refractivity contribution in [2.24, 2.45) is 0 Å². The van der Waals surface area contributed by atoms with E-state index in [1.165, 1.54) is 5.56 Å². The Labute approximate surface area is 94.9 Å². The van der Waals surface area contributed by atoms with Crippen LogP contribution >= 0.6 is 15.9 Å². The van der Waals surface area contributed by atoms with Crippen LogP contribution < -0.4 is 5.69 Å². The number of aromatic amines is 2. The third kappa shape index (κ3) is 2.79. The van der Waals surface area contributed by atoms with E-state index in [-0.39, 0.29) is 5.69 Å². The number of nitrogens with one attached hydrogen (secondary N) is 2. The maximum Gasteiger partial charge on any atom is 0.340 e. The van der Waals surface area contributed by atoms with Gasteiger partial charge in [-0.15, -0.1) is 0 Å². The van der Waals surface area contributed by atoms with E-state index < -0.39 is 0 Å². The zero-order valence-corrected chi connectivity index (χ0v) is 9.54. The predicted molar refractivity (Wildman–Crippen MR) is 60.8 cm³/mol. The van der Waals surface area contributed by atoms with Gasteiger partial charge in [0.25, 0.3) is 0 Å². The van der Waals surface area contributed by atoms with Crippen molar-refractivity contribution in [1.29, 1.82) is 0 Å². The molecule has 0 fully saturated rings. The van der Waals surface area contributed by atoms with Gasteiger partial charge in [0.2, 0.25) is 0 Å². The molecule has 78 valence electrons. The molecule has 0 aliphatic carbocycles. The Morgan fingerprint density at radius 2 is 2.20 bits per heavy atom. The van der Waals surface area contributed by atoms with Crippen LogP contribution in [0.2, 0.25) is 0 Å².